The van der Waals surface area contributed by atoms with Crippen LogP contribution in [0.1, 0.15) is 12.8 Å². The van der Waals surface area contributed by atoms with Gasteiger partial charge < -0.3 is 39.4 Å². The molecule has 2 rings (SSSR count). The minimum Gasteiger partial charge on any atom is -0.368 e. The van der Waals surface area contributed by atoms with Crippen molar-refractivity contribution in [2.24, 2.45) is 0 Å². The lowest BCUT2D eigenvalue weighted by Gasteiger charge is -2.28. The van der Waals surface area contributed by atoms with Crippen molar-refractivity contribution in [2.45, 2.75) is 50.6 Å². The fourth-order valence-corrected chi connectivity index (χ4v) is 1.52. The lowest BCUT2D eigenvalue weighted by atomic mass is 10.3. The molecule has 0 spiro atoms. The lowest BCUT2D eigenvalue weighted by Crippen LogP contribution is -2.37. The van der Waals surface area contributed by atoms with E-state index >= 15 is 0 Å². The van der Waals surface area contributed by atoms with Crippen LogP contribution in [0, 0.1) is 0 Å². The Labute approximate surface area is 90.9 Å². The number of hydrogen-bond acceptors (Lipinski definition) is 8. The van der Waals surface area contributed by atoms with E-state index in [2.05, 4.69) is 0 Å². The number of aliphatic hydroxyl groups excluding tert-OH is 4. The first kappa shape index (κ1) is 12.1. The normalized spacial score (nSPS) is 50.2. The van der Waals surface area contributed by atoms with Gasteiger partial charge in [0.15, 0.2) is 25.2 Å². The smallest absolute Gasteiger partial charge is 0.209 e. The van der Waals surface area contributed by atoms with Crippen molar-refractivity contribution in [3.8, 4) is 0 Å². The van der Waals surface area contributed by atoms with Gasteiger partial charge in [-0.3, -0.25) is 0 Å². The summed E-state index contributed by atoms with van der Waals surface area (Å²) in [5.41, 5.74) is 0. The Balaban J connectivity index is 2.08. The third-order valence-corrected chi connectivity index (χ3v) is 2.23. The van der Waals surface area contributed by atoms with Gasteiger partial charge in [0.1, 0.15) is 0 Å². The Morgan fingerprint density at radius 2 is 1.06 bits per heavy atom. The summed E-state index contributed by atoms with van der Waals surface area (Å²) in [6, 6.07) is 0. The first-order chi connectivity index (χ1) is 7.54. The maximum absolute atomic E-state index is 9.31. The SMILES string of the molecule is OC1CC(O)OC2CC(O1)OC(O)C(O)O2. The van der Waals surface area contributed by atoms with Gasteiger partial charge in [-0.2, -0.15) is 0 Å². The van der Waals surface area contributed by atoms with E-state index < -0.39 is 37.7 Å². The predicted octanol–water partition coefficient (Wildman–Crippen LogP) is -2.21. The predicted molar refractivity (Wildman–Crippen MR) is 45.2 cm³/mol. The second-order valence-corrected chi connectivity index (χ2v) is 3.57. The summed E-state index contributed by atoms with van der Waals surface area (Å²) >= 11 is 0. The van der Waals surface area contributed by atoms with Gasteiger partial charge in [-0.1, -0.05) is 0 Å². The molecule has 2 heterocycles. The summed E-state index contributed by atoms with van der Waals surface area (Å²) in [6.45, 7) is 0. The summed E-state index contributed by atoms with van der Waals surface area (Å²) in [5, 5.41) is 37.2. The van der Waals surface area contributed by atoms with Crippen molar-refractivity contribution >= 4 is 0 Å². The fraction of sp³-hybridized carbons (Fsp3) is 1.00. The Morgan fingerprint density at radius 3 is 1.50 bits per heavy atom. The lowest BCUT2D eigenvalue weighted by molar-refractivity contribution is -0.311. The molecule has 2 fully saturated rings. The number of rotatable bonds is 0. The van der Waals surface area contributed by atoms with E-state index in [1.807, 2.05) is 0 Å². The van der Waals surface area contributed by atoms with Gasteiger partial charge in [0.2, 0.25) is 12.6 Å². The molecule has 6 unspecified atom stereocenters. The van der Waals surface area contributed by atoms with Crippen molar-refractivity contribution in [3.63, 3.8) is 0 Å². The molecule has 2 bridgehead atoms. The molecule has 0 aromatic carbocycles. The summed E-state index contributed by atoms with van der Waals surface area (Å²) in [7, 11) is 0. The van der Waals surface area contributed by atoms with Gasteiger partial charge in [0.25, 0.3) is 0 Å². The van der Waals surface area contributed by atoms with Crippen LogP contribution < -0.4 is 0 Å². The van der Waals surface area contributed by atoms with Crippen molar-refractivity contribution in [2.75, 3.05) is 0 Å². The van der Waals surface area contributed by atoms with Crippen LogP contribution in [0.25, 0.3) is 0 Å². The van der Waals surface area contributed by atoms with Crippen LogP contribution in [0.15, 0.2) is 0 Å². The second-order valence-electron chi connectivity index (χ2n) is 3.57. The van der Waals surface area contributed by atoms with Crippen LogP contribution in [0.4, 0.5) is 0 Å². The van der Waals surface area contributed by atoms with Gasteiger partial charge in [0.05, 0.1) is 6.42 Å². The molecule has 0 aromatic rings. The van der Waals surface area contributed by atoms with E-state index in [1.165, 1.54) is 0 Å². The van der Waals surface area contributed by atoms with Crippen molar-refractivity contribution in [1.82, 2.24) is 0 Å². The standard InChI is InChI=1S/C8H14O8/c9-3-1-4(10)14-6-2-5(13-3)15-7(11)8(12)16-6/h3-12H,1-2H2. The van der Waals surface area contributed by atoms with Crippen LogP contribution in [0.5, 0.6) is 0 Å². The third-order valence-electron chi connectivity index (χ3n) is 2.23. The highest BCUT2D eigenvalue weighted by Crippen LogP contribution is 2.24. The first-order valence-corrected chi connectivity index (χ1v) is 4.88. The highest BCUT2D eigenvalue weighted by Gasteiger charge is 2.37. The Bertz CT molecular complexity index is 214. The highest BCUT2D eigenvalue weighted by atomic mass is 16.8. The van der Waals surface area contributed by atoms with E-state index in [1.54, 1.807) is 0 Å². The molecule has 94 valence electrons. The number of aliphatic hydroxyl groups is 4. The largest absolute Gasteiger partial charge is 0.368 e. The molecule has 16 heavy (non-hydrogen) atoms. The molecule has 0 saturated carbocycles. The van der Waals surface area contributed by atoms with Gasteiger partial charge in [-0.15, -0.1) is 0 Å². The maximum Gasteiger partial charge on any atom is 0.209 e. The van der Waals surface area contributed by atoms with Gasteiger partial charge in [0, 0.05) is 6.42 Å². The van der Waals surface area contributed by atoms with Crippen LogP contribution in [0.3, 0.4) is 0 Å². The number of fused-ring (bicyclic) bond motifs is 2. The molecule has 8 heteroatoms. The van der Waals surface area contributed by atoms with E-state index in [4.69, 9.17) is 18.9 Å². The monoisotopic (exact) mass is 238 g/mol. The molecule has 6 atom stereocenters. The molecule has 0 aromatic heterocycles. The maximum atomic E-state index is 9.31. The molecule has 2 aliphatic rings. The molecule has 0 radical (unpaired) electrons. The molecule has 2 aliphatic heterocycles. The average molecular weight is 238 g/mol. The van der Waals surface area contributed by atoms with Crippen LogP contribution in [-0.2, 0) is 18.9 Å². The van der Waals surface area contributed by atoms with Gasteiger partial charge in [-0.05, 0) is 0 Å². The zero-order valence-corrected chi connectivity index (χ0v) is 8.30. The Kier molecular flexibility index (Phi) is 3.72. The fourth-order valence-electron chi connectivity index (χ4n) is 1.52. The van der Waals surface area contributed by atoms with E-state index in [0.717, 1.165) is 0 Å². The molecular formula is C8H14O8. The van der Waals surface area contributed by atoms with Crippen LogP contribution >= 0.6 is 0 Å². The Morgan fingerprint density at radius 1 is 0.625 bits per heavy atom. The number of hydrogen-bond donors (Lipinski definition) is 4. The van der Waals surface area contributed by atoms with Gasteiger partial charge >= 0.3 is 0 Å². The summed E-state index contributed by atoms with van der Waals surface area (Å²) in [5.74, 6) is 0. The minimum absolute atomic E-state index is 0.0161. The van der Waals surface area contributed by atoms with Crippen molar-refractivity contribution < 1.29 is 39.4 Å². The zero-order chi connectivity index (χ0) is 11.7. The van der Waals surface area contributed by atoms with Gasteiger partial charge in [-0.25, -0.2) is 0 Å². The molecule has 8 nitrogen and oxygen atoms in total. The summed E-state index contributed by atoms with van der Waals surface area (Å²) < 4.78 is 19.7. The first-order valence-electron chi connectivity index (χ1n) is 4.88. The molecule has 2 saturated heterocycles. The van der Waals surface area contributed by atoms with Crippen LogP contribution in [0.2, 0.25) is 0 Å². The summed E-state index contributed by atoms with van der Waals surface area (Å²) in [4.78, 5) is 0. The summed E-state index contributed by atoms with van der Waals surface area (Å²) in [6.07, 6.45) is -7.85. The Hall–Kier alpha value is -0.320. The highest BCUT2D eigenvalue weighted by molar-refractivity contribution is 4.65. The van der Waals surface area contributed by atoms with E-state index in [9.17, 15) is 20.4 Å². The van der Waals surface area contributed by atoms with Crippen LogP contribution in [-0.4, -0.2) is 58.2 Å². The average Bonchev–Trinajstić information content (AvgIpc) is 2.25. The molecule has 0 amide bonds. The molecular weight excluding hydrogens is 224 g/mol. The molecule has 0 aliphatic carbocycles. The van der Waals surface area contributed by atoms with Crippen molar-refractivity contribution in [1.29, 1.82) is 0 Å². The quantitative estimate of drug-likeness (QED) is 0.375. The van der Waals surface area contributed by atoms with Crippen molar-refractivity contribution in [3.05, 3.63) is 0 Å². The van der Waals surface area contributed by atoms with E-state index in [-0.39, 0.29) is 12.8 Å². The second kappa shape index (κ2) is 4.90. The topological polar surface area (TPSA) is 118 Å². The number of ether oxygens (including phenoxy) is 4. The molecule has 4 N–H and O–H groups in total. The third kappa shape index (κ3) is 2.87. The van der Waals surface area contributed by atoms with E-state index in [0.29, 0.717) is 0 Å². The minimum atomic E-state index is -1.60. The zero-order valence-electron chi connectivity index (χ0n) is 8.30.